The van der Waals surface area contributed by atoms with Crippen LogP contribution in [0, 0.1) is 11.6 Å². The van der Waals surface area contributed by atoms with Crippen molar-refractivity contribution >= 4 is 18.0 Å². The molecular formula is C25H27F2NO5. The number of rotatable bonds is 9. The topological polar surface area (TPSA) is 73.9 Å². The molecule has 6 nitrogen and oxygen atoms in total. The molecule has 176 valence electrons. The Bertz CT molecular complexity index is 1010. The number of benzene rings is 2. The fraction of sp³-hybridized carbons (Fsp3) is 0.360. The van der Waals surface area contributed by atoms with Gasteiger partial charge in [0.1, 0.15) is 23.8 Å². The number of methoxy groups -OCH3 is 1. The first-order valence-electron chi connectivity index (χ1n) is 10.8. The van der Waals surface area contributed by atoms with Crippen molar-refractivity contribution in [3.8, 4) is 11.5 Å². The molecular weight excluding hydrogens is 432 g/mol. The van der Waals surface area contributed by atoms with Crippen molar-refractivity contribution in [2.75, 3.05) is 13.7 Å². The molecule has 0 atom stereocenters. The van der Waals surface area contributed by atoms with Gasteiger partial charge >= 0.3 is 5.97 Å². The summed E-state index contributed by atoms with van der Waals surface area (Å²) in [7, 11) is 1.47. The molecule has 0 heterocycles. The van der Waals surface area contributed by atoms with Crippen molar-refractivity contribution in [2.24, 2.45) is 0 Å². The second-order valence-electron chi connectivity index (χ2n) is 7.81. The number of carbonyl (C=O) groups is 2. The SMILES string of the molecule is CCOC(=O)C1(NC(=O)/C=C/c2ccc(OCc3cc(F)cc(F)c3)c(OC)c2)CCCC1. The summed E-state index contributed by atoms with van der Waals surface area (Å²) in [6, 6.07) is 8.20. The van der Waals surface area contributed by atoms with Gasteiger partial charge in [0.2, 0.25) is 5.91 Å². The molecule has 1 fully saturated rings. The maximum Gasteiger partial charge on any atom is 0.331 e. The lowest BCUT2D eigenvalue weighted by Gasteiger charge is -2.27. The Morgan fingerprint density at radius 3 is 2.39 bits per heavy atom. The Morgan fingerprint density at radius 1 is 1.06 bits per heavy atom. The van der Waals surface area contributed by atoms with E-state index in [0.29, 0.717) is 35.5 Å². The van der Waals surface area contributed by atoms with Crippen molar-refractivity contribution in [1.82, 2.24) is 5.32 Å². The Balaban J connectivity index is 1.66. The summed E-state index contributed by atoms with van der Waals surface area (Å²) in [6.07, 6.45) is 5.76. The zero-order chi connectivity index (χ0) is 23.8. The lowest BCUT2D eigenvalue weighted by molar-refractivity contribution is -0.152. The second kappa shape index (κ2) is 10.9. The smallest absolute Gasteiger partial charge is 0.331 e. The fourth-order valence-corrected chi connectivity index (χ4v) is 3.84. The molecule has 0 aromatic heterocycles. The maximum absolute atomic E-state index is 13.4. The minimum Gasteiger partial charge on any atom is -0.493 e. The number of halogens is 2. The summed E-state index contributed by atoms with van der Waals surface area (Å²) in [5, 5.41) is 2.82. The van der Waals surface area contributed by atoms with E-state index in [1.54, 1.807) is 31.2 Å². The number of esters is 1. The minimum atomic E-state index is -0.969. The molecule has 1 aliphatic carbocycles. The minimum absolute atomic E-state index is 0.0431. The standard InChI is InChI=1S/C25H27F2NO5/c1-3-32-24(30)25(10-4-5-11-25)28-23(29)9-7-17-6-8-21(22(14-17)31-2)33-16-18-12-19(26)15-20(27)13-18/h6-9,12-15H,3-5,10-11,16H2,1-2H3,(H,28,29)/b9-7+. The lowest BCUT2D eigenvalue weighted by Crippen LogP contribution is -2.52. The zero-order valence-corrected chi connectivity index (χ0v) is 18.7. The Kier molecular flexibility index (Phi) is 8.03. The van der Waals surface area contributed by atoms with E-state index < -0.39 is 29.0 Å². The number of nitrogens with one attached hydrogen (secondary N) is 1. The summed E-state index contributed by atoms with van der Waals surface area (Å²) in [6.45, 7) is 1.95. The highest BCUT2D eigenvalue weighted by molar-refractivity contribution is 5.96. The van der Waals surface area contributed by atoms with Crippen molar-refractivity contribution in [1.29, 1.82) is 0 Å². The molecule has 0 radical (unpaired) electrons. The first-order valence-corrected chi connectivity index (χ1v) is 10.8. The number of amides is 1. The van der Waals surface area contributed by atoms with E-state index in [0.717, 1.165) is 18.9 Å². The summed E-state index contributed by atoms with van der Waals surface area (Å²) in [5.74, 6) is -1.37. The molecule has 8 heteroatoms. The molecule has 33 heavy (non-hydrogen) atoms. The van der Waals surface area contributed by atoms with Gasteiger partial charge in [0, 0.05) is 12.1 Å². The summed E-state index contributed by atoms with van der Waals surface area (Å²) in [4.78, 5) is 24.9. The van der Waals surface area contributed by atoms with Crippen LogP contribution < -0.4 is 14.8 Å². The third-order valence-electron chi connectivity index (χ3n) is 5.42. The highest BCUT2D eigenvalue weighted by atomic mass is 19.1. The van der Waals surface area contributed by atoms with Crippen LogP contribution in [0.2, 0.25) is 0 Å². The van der Waals surface area contributed by atoms with Gasteiger partial charge in [-0.3, -0.25) is 4.79 Å². The van der Waals surface area contributed by atoms with Crippen molar-refractivity contribution in [2.45, 2.75) is 44.8 Å². The molecule has 1 saturated carbocycles. The van der Waals surface area contributed by atoms with Crippen LogP contribution in [-0.2, 0) is 20.9 Å². The van der Waals surface area contributed by atoms with Gasteiger partial charge in [0.25, 0.3) is 0 Å². The quantitative estimate of drug-likeness (QED) is 0.440. The van der Waals surface area contributed by atoms with Gasteiger partial charge in [-0.2, -0.15) is 0 Å². The number of carbonyl (C=O) groups excluding carboxylic acids is 2. The summed E-state index contributed by atoms with van der Waals surface area (Å²) >= 11 is 0. The van der Waals surface area contributed by atoms with E-state index >= 15 is 0 Å². The van der Waals surface area contributed by atoms with Gasteiger partial charge in [0.05, 0.1) is 13.7 Å². The highest BCUT2D eigenvalue weighted by Crippen LogP contribution is 2.32. The lowest BCUT2D eigenvalue weighted by atomic mass is 9.97. The van der Waals surface area contributed by atoms with Gasteiger partial charge < -0.3 is 19.5 Å². The van der Waals surface area contributed by atoms with Crippen LogP contribution in [0.4, 0.5) is 8.78 Å². The molecule has 0 bridgehead atoms. The van der Waals surface area contributed by atoms with Gasteiger partial charge in [-0.15, -0.1) is 0 Å². The van der Waals surface area contributed by atoms with E-state index in [4.69, 9.17) is 14.2 Å². The molecule has 1 aliphatic rings. The van der Waals surface area contributed by atoms with E-state index in [-0.39, 0.29) is 13.2 Å². The number of hydrogen-bond acceptors (Lipinski definition) is 5. The van der Waals surface area contributed by atoms with Crippen molar-refractivity contribution in [3.63, 3.8) is 0 Å². The number of ether oxygens (including phenoxy) is 3. The van der Waals surface area contributed by atoms with Crippen LogP contribution in [0.1, 0.15) is 43.7 Å². The Hall–Kier alpha value is -3.42. The molecule has 2 aromatic carbocycles. The maximum atomic E-state index is 13.4. The summed E-state index contributed by atoms with van der Waals surface area (Å²) < 4.78 is 42.8. The first kappa shape index (κ1) is 24.2. The monoisotopic (exact) mass is 459 g/mol. The van der Waals surface area contributed by atoms with Gasteiger partial charge in [0.15, 0.2) is 11.5 Å². The molecule has 2 aromatic rings. The Morgan fingerprint density at radius 2 is 1.76 bits per heavy atom. The highest BCUT2D eigenvalue weighted by Gasteiger charge is 2.43. The zero-order valence-electron chi connectivity index (χ0n) is 18.7. The van der Waals surface area contributed by atoms with E-state index in [1.807, 2.05) is 0 Å². The normalized spacial score (nSPS) is 14.8. The van der Waals surface area contributed by atoms with Crippen LogP contribution in [0.5, 0.6) is 11.5 Å². The summed E-state index contributed by atoms with van der Waals surface area (Å²) in [5.41, 5.74) is 0.0452. The van der Waals surface area contributed by atoms with E-state index in [9.17, 15) is 18.4 Å². The largest absolute Gasteiger partial charge is 0.493 e. The van der Waals surface area contributed by atoms with Gasteiger partial charge in [-0.25, -0.2) is 13.6 Å². The van der Waals surface area contributed by atoms with Crippen LogP contribution in [0.3, 0.4) is 0 Å². The van der Waals surface area contributed by atoms with Crippen LogP contribution in [-0.4, -0.2) is 31.1 Å². The fourth-order valence-electron chi connectivity index (χ4n) is 3.84. The van der Waals surface area contributed by atoms with Gasteiger partial charge in [-0.1, -0.05) is 18.9 Å². The molecule has 0 spiro atoms. The van der Waals surface area contributed by atoms with Crippen molar-refractivity contribution < 1.29 is 32.6 Å². The molecule has 1 amide bonds. The third kappa shape index (κ3) is 6.31. The Labute approximate surface area is 191 Å². The molecule has 1 N–H and O–H groups in total. The predicted octanol–water partition coefficient (Wildman–Crippen LogP) is 4.56. The van der Waals surface area contributed by atoms with Crippen LogP contribution >= 0.6 is 0 Å². The van der Waals surface area contributed by atoms with Crippen LogP contribution in [0.15, 0.2) is 42.5 Å². The van der Waals surface area contributed by atoms with Gasteiger partial charge in [-0.05, 0) is 61.2 Å². The second-order valence-corrected chi connectivity index (χ2v) is 7.81. The molecule has 0 saturated heterocycles. The predicted molar refractivity (Wildman–Crippen MR) is 119 cm³/mol. The first-order chi connectivity index (χ1) is 15.8. The third-order valence-corrected chi connectivity index (χ3v) is 5.42. The number of hydrogen-bond donors (Lipinski definition) is 1. The average Bonchev–Trinajstić information content (AvgIpc) is 3.25. The van der Waals surface area contributed by atoms with Crippen LogP contribution in [0.25, 0.3) is 6.08 Å². The molecule has 3 rings (SSSR count). The molecule has 0 unspecified atom stereocenters. The average molecular weight is 459 g/mol. The molecule has 0 aliphatic heterocycles. The van der Waals surface area contributed by atoms with Crippen molar-refractivity contribution in [3.05, 3.63) is 65.2 Å². The van der Waals surface area contributed by atoms with E-state index in [2.05, 4.69) is 5.32 Å². The van der Waals surface area contributed by atoms with E-state index in [1.165, 1.54) is 25.3 Å².